The molecule has 21 heavy (non-hydrogen) atoms. The van der Waals surface area contributed by atoms with Gasteiger partial charge in [-0.25, -0.2) is 0 Å². The van der Waals surface area contributed by atoms with E-state index in [-0.39, 0.29) is 5.56 Å². The van der Waals surface area contributed by atoms with E-state index >= 15 is 0 Å². The zero-order chi connectivity index (χ0) is 14.6. The highest BCUT2D eigenvalue weighted by Crippen LogP contribution is 2.41. The van der Waals surface area contributed by atoms with Crippen molar-refractivity contribution in [2.24, 2.45) is 7.05 Å². The molecule has 4 rings (SSSR count). The average molecular weight is 278 g/mol. The highest BCUT2D eigenvalue weighted by atomic mass is 16.5. The molecule has 4 nitrogen and oxygen atoms in total. The van der Waals surface area contributed by atoms with Crippen LogP contribution in [0.3, 0.4) is 0 Å². The predicted octanol–water partition coefficient (Wildman–Crippen LogP) is 2.51. The van der Waals surface area contributed by atoms with Crippen LogP contribution < -0.4 is 10.3 Å². The van der Waals surface area contributed by atoms with Crippen molar-refractivity contribution in [1.82, 2.24) is 9.55 Å². The zero-order valence-corrected chi connectivity index (χ0v) is 11.9. The minimum absolute atomic E-state index is 0.0273. The van der Waals surface area contributed by atoms with E-state index in [0.717, 1.165) is 28.7 Å². The van der Waals surface area contributed by atoms with Gasteiger partial charge in [-0.2, -0.15) is 0 Å². The van der Waals surface area contributed by atoms with Crippen LogP contribution in [0.25, 0.3) is 21.9 Å². The van der Waals surface area contributed by atoms with Gasteiger partial charge in [-0.15, -0.1) is 0 Å². The van der Waals surface area contributed by atoms with Crippen molar-refractivity contribution in [2.45, 2.75) is 6.42 Å². The molecule has 104 valence electrons. The number of aromatic nitrogens is 2. The minimum Gasteiger partial charge on any atom is -0.496 e. The summed E-state index contributed by atoms with van der Waals surface area (Å²) in [5, 5.41) is 1.57. The molecule has 3 aromatic rings. The first-order valence-corrected chi connectivity index (χ1v) is 6.82. The van der Waals surface area contributed by atoms with Crippen molar-refractivity contribution >= 4 is 10.8 Å². The Morgan fingerprint density at radius 3 is 2.95 bits per heavy atom. The number of rotatable bonds is 2. The van der Waals surface area contributed by atoms with E-state index in [1.165, 1.54) is 11.1 Å². The summed E-state index contributed by atoms with van der Waals surface area (Å²) in [4.78, 5) is 16.3. The highest BCUT2D eigenvalue weighted by Gasteiger charge is 2.24. The summed E-state index contributed by atoms with van der Waals surface area (Å²) in [6.07, 6.45) is 6.23. The van der Waals surface area contributed by atoms with Crippen LogP contribution in [0.5, 0.6) is 5.75 Å². The van der Waals surface area contributed by atoms with E-state index < -0.39 is 0 Å². The van der Waals surface area contributed by atoms with Gasteiger partial charge in [0.2, 0.25) is 0 Å². The largest absolute Gasteiger partial charge is 0.496 e. The fourth-order valence-corrected chi connectivity index (χ4v) is 2.87. The summed E-state index contributed by atoms with van der Waals surface area (Å²) in [5.74, 6) is 0.929. The van der Waals surface area contributed by atoms with Crippen LogP contribution in [0.1, 0.15) is 11.1 Å². The maximum Gasteiger partial charge on any atom is 0.259 e. The Morgan fingerprint density at radius 2 is 2.14 bits per heavy atom. The number of ether oxygens (including phenoxy) is 1. The summed E-state index contributed by atoms with van der Waals surface area (Å²) >= 11 is 0. The van der Waals surface area contributed by atoms with Crippen LogP contribution in [0.4, 0.5) is 0 Å². The maximum atomic E-state index is 12.2. The van der Waals surface area contributed by atoms with Crippen molar-refractivity contribution < 1.29 is 4.74 Å². The first-order chi connectivity index (χ1) is 10.2. The Bertz CT molecular complexity index is 941. The van der Waals surface area contributed by atoms with Crippen molar-refractivity contribution in [3.63, 3.8) is 0 Å². The van der Waals surface area contributed by atoms with Gasteiger partial charge in [0.1, 0.15) is 5.75 Å². The van der Waals surface area contributed by atoms with Gasteiger partial charge in [0.15, 0.2) is 0 Å². The third-order valence-electron chi connectivity index (χ3n) is 4.06. The Labute approximate surface area is 121 Å². The monoisotopic (exact) mass is 278 g/mol. The van der Waals surface area contributed by atoms with Gasteiger partial charge in [0.05, 0.1) is 12.5 Å². The maximum absolute atomic E-state index is 12.2. The van der Waals surface area contributed by atoms with Gasteiger partial charge in [-0.1, -0.05) is 6.07 Å². The van der Waals surface area contributed by atoms with Gasteiger partial charge in [-0.05, 0) is 28.6 Å². The molecule has 0 saturated carbocycles. The lowest BCUT2D eigenvalue weighted by atomic mass is 10.0. The quantitative estimate of drug-likeness (QED) is 0.566. The van der Waals surface area contributed by atoms with Crippen LogP contribution >= 0.6 is 0 Å². The molecular weight excluding hydrogens is 264 g/mol. The molecule has 0 saturated heterocycles. The molecular formula is C17H14N2O2. The molecule has 4 heteroatoms. The second kappa shape index (κ2) is 4.19. The molecule has 0 amide bonds. The fourth-order valence-electron chi connectivity index (χ4n) is 2.87. The van der Waals surface area contributed by atoms with E-state index in [9.17, 15) is 4.79 Å². The summed E-state index contributed by atoms with van der Waals surface area (Å²) in [7, 11) is 3.46. The number of hydrogen-bond donors (Lipinski definition) is 0. The zero-order valence-electron chi connectivity index (χ0n) is 11.9. The number of methoxy groups -OCH3 is 1. The molecule has 0 aliphatic heterocycles. The van der Waals surface area contributed by atoms with E-state index in [0.29, 0.717) is 5.39 Å². The SMILES string of the molecule is COc1cc(-c2cn(C)c(=O)c3cnccc23)cc2c1C2. The van der Waals surface area contributed by atoms with Gasteiger partial charge >= 0.3 is 0 Å². The number of aryl methyl sites for hydroxylation is 1. The topological polar surface area (TPSA) is 44.1 Å². The average Bonchev–Trinajstić information content (AvgIpc) is 3.29. The Morgan fingerprint density at radius 1 is 1.29 bits per heavy atom. The van der Waals surface area contributed by atoms with Crippen LogP contribution in [-0.2, 0) is 13.5 Å². The van der Waals surface area contributed by atoms with Gasteiger partial charge in [0.25, 0.3) is 5.56 Å². The third kappa shape index (κ3) is 1.76. The molecule has 1 aliphatic rings. The van der Waals surface area contributed by atoms with E-state index in [4.69, 9.17) is 4.74 Å². The number of nitrogens with zero attached hydrogens (tertiary/aromatic N) is 2. The second-order valence-corrected chi connectivity index (χ2v) is 5.37. The lowest BCUT2D eigenvalue weighted by Crippen LogP contribution is -2.16. The number of fused-ring (bicyclic) bond motifs is 2. The van der Waals surface area contributed by atoms with Crippen molar-refractivity contribution in [1.29, 1.82) is 0 Å². The van der Waals surface area contributed by atoms with E-state index in [2.05, 4.69) is 11.1 Å². The predicted molar refractivity (Wildman–Crippen MR) is 81.8 cm³/mol. The molecule has 2 heterocycles. The fraction of sp³-hybridized carbons (Fsp3) is 0.176. The van der Waals surface area contributed by atoms with Crippen LogP contribution in [0, 0.1) is 0 Å². The Kier molecular flexibility index (Phi) is 2.42. The first kappa shape index (κ1) is 12.1. The molecule has 2 aromatic heterocycles. The summed E-state index contributed by atoms with van der Waals surface area (Å²) in [6.45, 7) is 0. The van der Waals surface area contributed by atoms with Crippen molar-refractivity contribution in [2.75, 3.05) is 7.11 Å². The van der Waals surface area contributed by atoms with Gasteiger partial charge in [-0.3, -0.25) is 9.78 Å². The van der Waals surface area contributed by atoms with Crippen LogP contribution in [-0.4, -0.2) is 16.7 Å². The number of pyridine rings is 2. The van der Waals surface area contributed by atoms with Crippen LogP contribution in [0.2, 0.25) is 0 Å². The second-order valence-electron chi connectivity index (χ2n) is 5.37. The Hall–Kier alpha value is -2.62. The Balaban J connectivity index is 2.06. The molecule has 1 aliphatic carbocycles. The summed E-state index contributed by atoms with van der Waals surface area (Å²) < 4.78 is 7.05. The minimum atomic E-state index is -0.0273. The van der Waals surface area contributed by atoms with Crippen molar-refractivity contribution in [3.05, 3.63) is 58.3 Å². The highest BCUT2D eigenvalue weighted by molar-refractivity contribution is 5.96. The van der Waals surface area contributed by atoms with Crippen molar-refractivity contribution in [3.8, 4) is 16.9 Å². The smallest absolute Gasteiger partial charge is 0.259 e. The molecule has 0 bridgehead atoms. The molecule has 0 unspecified atom stereocenters. The number of hydrogen-bond acceptors (Lipinski definition) is 3. The van der Waals surface area contributed by atoms with Crippen LogP contribution in [0.15, 0.2) is 41.6 Å². The first-order valence-electron chi connectivity index (χ1n) is 6.82. The lowest BCUT2D eigenvalue weighted by Gasteiger charge is -2.10. The van der Waals surface area contributed by atoms with Gasteiger partial charge < -0.3 is 9.30 Å². The third-order valence-corrected chi connectivity index (χ3v) is 4.06. The van der Waals surface area contributed by atoms with E-state index in [1.54, 1.807) is 31.1 Å². The normalized spacial score (nSPS) is 12.3. The molecule has 0 fully saturated rings. The molecule has 0 N–H and O–H groups in total. The van der Waals surface area contributed by atoms with Gasteiger partial charge in [0, 0.05) is 43.2 Å². The number of benzene rings is 1. The van der Waals surface area contributed by atoms with E-state index in [1.807, 2.05) is 18.3 Å². The molecule has 0 radical (unpaired) electrons. The lowest BCUT2D eigenvalue weighted by molar-refractivity contribution is 0.414. The molecule has 0 spiro atoms. The summed E-state index contributed by atoms with van der Waals surface area (Å²) in [6, 6.07) is 6.12. The summed E-state index contributed by atoms with van der Waals surface area (Å²) in [5.41, 5.74) is 4.69. The standard InChI is InChI=1S/C17H14N2O2/c1-19-9-15(12-3-4-18-8-14(12)17(19)20)11-5-10-6-13(10)16(7-11)21-2/h3-5,7-9H,6H2,1-2H3. The molecule has 1 aromatic carbocycles. The molecule has 0 atom stereocenters.